The third-order valence-electron chi connectivity index (χ3n) is 3.43. The van der Waals surface area contributed by atoms with Crippen LogP contribution < -0.4 is 4.74 Å². The van der Waals surface area contributed by atoms with Crippen molar-refractivity contribution in [2.45, 2.75) is 38.4 Å². The lowest BCUT2D eigenvalue weighted by atomic mass is 10.1. The van der Waals surface area contributed by atoms with Gasteiger partial charge in [-0.05, 0) is 37.5 Å². The Morgan fingerprint density at radius 3 is 2.63 bits per heavy atom. The van der Waals surface area contributed by atoms with Crippen LogP contribution in [0.1, 0.15) is 25.3 Å². The van der Waals surface area contributed by atoms with E-state index in [0.717, 1.165) is 31.6 Å². The van der Waals surface area contributed by atoms with Gasteiger partial charge >= 0.3 is 0 Å². The van der Waals surface area contributed by atoms with E-state index in [-0.39, 0.29) is 18.1 Å². The second-order valence-corrected chi connectivity index (χ2v) is 5.19. The summed E-state index contributed by atoms with van der Waals surface area (Å²) < 4.78 is 5.70. The lowest BCUT2D eigenvalue weighted by molar-refractivity contribution is -0.132. The van der Waals surface area contributed by atoms with E-state index in [2.05, 4.69) is 0 Å². The zero-order chi connectivity index (χ0) is 13.8. The molecule has 4 heteroatoms. The number of carbonyl (C=O) groups excluding carboxylic acids is 1. The summed E-state index contributed by atoms with van der Waals surface area (Å²) in [6, 6.07) is 7.76. The number of hydrogen-bond acceptors (Lipinski definition) is 3. The molecule has 2 unspecified atom stereocenters. The zero-order valence-corrected chi connectivity index (χ0v) is 11.5. The standard InChI is InChI=1S/C15H21NO3/c1-11(17)3-4-12-5-7-13(8-6-12)19-14-9-10-16(2)15(14)18/h5-8,11,14,17H,3-4,9-10H2,1-2H3. The van der Waals surface area contributed by atoms with Crippen LogP contribution in [0, 0.1) is 0 Å². The summed E-state index contributed by atoms with van der Waals surface area (Å²) in [6.45, 7) is 2.55. The first-order valence-corrected chi connectivity index (χ1v) is 6.75. The fraction of sp³-hybridized carbons (Fsp3) is 0.533. The van der Waals surface area contributed by atoms with Crippen LogP contribution in [-0.4, -0.2) is 41.7 Å². The average molecular weight is 263 g/mol. The van der Waals surface area contributed by atoms with Gasteiger partial charge in [-0.15, -0.1) is 0 Å². The molecule has 1 aliphatic rings. The third-order valence-corrected chi connectivity index (χ3v) is 3.43. The second kappa shape index (κ2) is 6.06. The predicted octanol–water partition coefficient (Wildman–Crippen LogP) is 1.61. The van der Waals surface area contributed by atoms with Crippen molar-refractivity contribution in [3.8, 4) is 5.75 Å². The number of ether oxygens (including phenoxy) is 1. The van der Waals surface area contributed by atoms with Gasteiger partial charge in [0.25, 0.3) is 5.91 Å². The fourth-order valence-corrected chi connectivity index (χ4v) is 2.17. The van der Waals surface area contributed by atoms with Gasteiger partial charge < -0.3 is 14.7 Å². The summed E-state index contributed by atoms with van der Waals surface area (Å²) in [4.78, 5) is 13.4. The molecule has 0 saturated carbocycles. The van der Waals surface area contributed by atoms with E-state index in [9.17, 15) is 9.90 Å². The SMILES string of the molecule is CC(O)CCc1ccc(OC2CCN(C)C2=O)cc1. The summed E-state index contributed by atoms with van der Waals surface area (Å²) in [5, 5.41) is 9.25. The smallest absolute Gasteiger partial charge is 0.263 e. The van der Waals surface area contributed by atoms with Gasteiger partial charge in [-0.25, -0.2) is 0 Å². The molecule has 1 N–H and O–H groups in total. The molecule has 0 aromatic heterocycles. The van der Waals surface area contributed by atoms with Gasteiger partial charge in [0, 0.05) is 20.0 Å². The molecule has 0 bridgehead atoms. The Bertz CT molecular complexity index is 428. The maximum atomic E-state index is 11.7. The molecule has 1 heterocycles. The Morgan fingerprint density at radius 2 is 2.11 bits per heavy atom. The van der Waals surface area contributed by atoms with Crippen molar-refractivity contribution in [3.63, 3.8) is 0 Å². The molecule has 1 aliphatic heterocycles. The molecular formula is C15H21NO3. The first-order valence-electron chi connectivity index (χ1n) is 6.75. The monoisotopic (exact) mass is 263 g/mol. The first kappa shape index (κ1) is 13.9. The minimum absolute atomic E-state index is 0.0539. The summed E-state index contributed by atoms with van der Waals surface area (Å²) in [7, 11) is 1.80. The molecule has 1 saturated heterocycles. The number of hydrogen-bond donors (Lipinski definition) is 1. The number of aliphatic hydroxyl groups is 1. The lowest BCUT2D eigenvalue weighted by Gasteiger charge is -2.13. The first-order chi connectivity index (χ1) is 9.06. The van der Waals surface area contributed by atoms with Gasteiger partial charge in [0.15, 0.2) is 6.10 Å². The van der Waals surface area contributed by atoms with Crippen LogP contribution in [0.25, 0.3) is 0 Å². The predicted molar refractivity (Wildman–Crippen MR) is 73.1 cm³/mol. The molecule has 104 valence electrons. The van der Waals surface area contributed by atoms with E-state index < -0.39 is 0 Å². The van der Waals surface area contributed by atoms with Crippen molar-refractivity contribution in [3.05, 3.63) is 29.8 Å². The molecule has 0 spiro atoms. The topological polar surface area (TPSA) is 49.8 Å². The van der Waals surface area contributed by atoms with Crippen molar-refractivity contribution in [2.24, 2.45) is 0 Å². The van der Waals surface area contributed by atoms with Crippen molar-refractivity contribution < 1.29 is 14.6 Å². The Balaban J connectivity index is 1.90. The number of carbonyl (C=O) groups is 1. The van der Waals surface area contributed by atoms with Crippen LogP contribution in [0.15, 0.2) is 24.3 Å². The summed E-state index contributed by atoms with van der Waals surface area (Å²) in [5.41, 5.74) is 1.17. The van der Waals surface area contributed by atoms with Crippen molar-refractivity contribution in [1.29, 1.82) is 0 Å². The highest BCUT2D eigenvalue weighted by molar-refractivity contribution is 5.83. The number of rotatable bonds is 5. The number of likely N-dealkylation sites (N-methyl/N-ethyl adjacent to an activating group) is 1. The number of amides is 1. The Hall–Kier alpha value is -1.55. The van der Waals surface area contributed by atoms with Crippen LogP contribution >= 0.6 is 0 Å². The Morgan fingerprint density at radius 1 is 1.42 bits per heavy atom. The van der Waals surface area contributed by atoms with E-state index in [1.807, 2.05) is 24.3 Å². The Labute approximate surface area is 114 Å². The number of aryl methyl sites for hydroxylation is 1. The van der Waals surface area contributed by atoms with Crippen LogP contribution in [0.4, 0.5) is 0 Å². The molecule has 1 aromatic carbocycles. The van der Waals surface area contributed by atoms with E-state index in [4.69, 9.17) is 4.74 Å². The molecule has 2 rings (SSSR count). The highest BCUT2D eigenvalue weighted by atomic mass is 16.5. The average Bonchev–Trinajstić information content (AvgIpc) is 2.70. The molecule has 19 heavy (non-hydrogen) atoms. The summed E-state index contributed by atoms with van der Waals surface area (Å²) in [6.07, 6.45) is 1.74. The lowest BCUT2D eigenvalue weighted by Crippen LogP contribution is -2.29. The van der Waals surface area contributed by atoms with Crippen molar-refractivity contribution >= 4 is 5.91 Å². The van der Waals surface area contributed by atoms with Crippen LogP contribution in [0.3, 0.4) is 0 Å². The third kappa shape index (κ3) is 3.70. The molecule has 1 fully saturated rings. The summed E-state index contributed by atoms with van der Waals surface area (Å²) in [5.74, 6) is 0.785. The second-order valence-electron chi connectivity index (χ2n) is 5.19. The van der Waals surface area contributed by atoms with Gasteiger partial charge in [-0.2, -0.15) is 0 Å². The molecular weight excluding hydrogens is 242 g/mol. The molecule has 4 nitrogen and oxygen atoms in total. The molecule has 0 aliphatic carbocycles. The van der Waals surface area contributed by atoms with Crippen LogP contribution in [0.2, 0.25) is 0 Å². The molecule has 1 aromatic rings. The maximum Gasteiger partial charge on any atom is 0.263 e. The normalized spacial score (nSPS) is 20.7. The minimum atomic E-state index is -0.340. The maximum absolute atomic E-state index is 11.7. The van der Waals surface area contributed by atoms with E-state index >= 15 is 0 Å². The fourth-order valence-electron chi connectivity index (χ4n) is 2.17. The van der Waals surface area contributed by atoms with Crippen LogP contribution in [-0.2, 0) is 11.2 Å². The minimum Gasteiger partial charge on any atom is -0.481 e. The van der Waals surface area contributed by atoms with Gasteiger partial charge in [0.05, 0.1) is 6.10 Å². The molecule has 0 radical (unpaired) electrons. The highest BCUT2D eigenvalue weighted by Crippen LogP contribution is 2.19. The number of likely N-dealkylation sites (tertiary alicyclic amines) is 1. The number of aliphatic hydroxyl groups excluding tert-OH is 1. The number of nitrogens with zero attached hydrogens (tertiary/aromatic N) is 1. The van der Waals surface area contributed by atoms with E-state index in [1.165, 1.54) is 5.56 Å². The van der Waals surface area contributed by atoms with Gasteiger partial charge in [0.2, 0.25) is 0 Å². The van der Waals surface area contributed by atoms with Crippen molar-refractivity contribution in [2.75, 3.05) is 13.6 Å². The summed E-state index contributed by atoms with van der Waals surface area (Å²) >= 11 is 0. The zero-order valence-electron chi connectivity index (χ0n) is 11.5. The van der Waals surface area contributed by atoms with Gasteiger partial charge in [-0.1, -0.05) is 12.1 Å². The van der Waals surface area contributed by atoms with Gasteiger partial charge in [-0.3, -0.25) is 4.79 Å². The van der Waals surface area contributed by atoms with E-state index in [0.29, 0.717) is 0 Å². The quantitative estimate of drug-likeness (QED) is 0.878. The van der Waals surface area contributed by atoms with E-state index in [1.54, 1.807) is 18.9 Å². The molecule has 1 amide bonds. The number of benzene rings is 1. The van der Waals surface area contributed by atoms with Gasteiger partial charge in [0.1, 0.15) is 5.75 Å². The Kier molecular flexibility index (Phi) is 4.43. The largest absolute Gasteiger partial charge is 0.481 e. The molecule has 2 atom stereocenters. The van der Waals surface area contributed by atoms with Crippen molar-refractivity contribution in [1.82, 2.24) is 4.90 Å². The highest BCUT2D eigenvalue weighted by Gasteiger charge is 2.30. The van der Waals surface area contributed by atoms with Crippen LogP contribution in [0.5, 0.6) is 5.75 Å².